The molecule has 0 unspecified atom stereocenters. The summed E-state index contributed by atoms with van der Waals surface area (Å²) >= 11 is 0. The van der Waals surface area contributed by atoms with Gasteiger partial charge < -0.3 is 14.0 Å². The number of hydrogen-bond donors (Lipinski definition) is 1. The van der Waals surface area contributed by atoms with Gasteiger partial charge in [0.15, 0.2) is 5.58 Å². The Labute approximate surface area is 249 Å². The van der Waals surface area contributed by atoms with Crippen molar-refractivity contribution in [1.82, 2.24) is 4.57 Å². The van der Waals surface area contributed by atoms with Gasteiger partial charge in [-0.15, -0.1) is 0 Å². The Morgan fingerprint density at radius 1 is 0.581 bits per heavy atom. The van der Waals surface area contributed by atoms with Crippen molar-refractivity contribution in [2.24, 2.45) is 0 Å². The first-order chi connectivity index (χ1) is 21.0. The molecule has 0 fully saturated rings. The van der Waals surface area contributed by atoms with E-state index in [0.29, 0.717) is 0 Å². The van der Waals surface area contributed by atoms with E-state index < -0.39 is 0 Å². The summed E-state index contributed by atoms with van der Waals surface area (Å²) in [6.45, 7) is 4.67. The van der Waals surface area contributed by atoms with E-state index in [1.54, 1.807) is 0 Å². The van der Waals surface area contributed by atoms with E-state index in [4.69, 9.17) is 4.42 Å². The lowest BCUT2D eigenvalue weighted by Crippen LogP contribution is -2.14. The molecule has 4 heteroatoms. The van der Waals surface area contributed by atoms with Gasteiger partial charge in [0.2, 0.25) is 0 Å². The van der Waals surface area contributed by atoms with Gasteiger partial charge in [0.05, 0.1) is 16.7 Å². The fourth-order valence-electron chi connectivity index (χ4n) is 7.46. The number of aromatic nitrogens is 1. The van der Waals surface area contributed by atoms with E-state index in [1.807, 2.05) is 12.1 Å². The zero-order valence-electron chi connectivity index (χ0n) is 24.1. The van der Waals surface area contributed by atoms with Crippen molar-refractivity contribution in [3.05, 3.63) is 132 Å². The number of hydrogen-bond acceptors (Lipinski definition) is 2. The molecule has 9 rings (SSSR count). The Morgan fingerprint density at radius 3 is 2.14 bits per heavy atom. The highest BCUT2D eigenvalue weighted by Crippen LogP contribution is 2.49. The van der Waals surface area contributed by atoms with Crippen LogP contribution in [0.3, 0.4) is 0 Å². The normalized spacial score (nSPS) is 13.7. The Hall–Kier alpha value is -5.06. The molecule has 2 aromatic heterocycles. The standard InChI is InChI=1S/C39H28BNO2/c1-39(2)31-13-5-3-9-25(31)26-19-17-24(22-32(26)39)23-18-20-35-30(21-23)27-10-4-6-15-34(27)41(35)36-16-8-12-29-28-11-7-14-33(40-42)37(28)43-38(29)36/h3-22,40,42H,1-2H3. The number of nitrogens with zero attached hydrogens (tertiary/aromatic N) is 1. The van der Waals surface area contributed by atoms with Crippen molar-refractivity contribution in [2.45, 2.75) is 19.3 Å². The lowest BCUT2D eigenvalue weighted by atomic mass is 9.81. The van der Waals surface area contributed by atoms with Crippen LogP contribution in [0.15, 0.2) is 126 Å². The number of para-hydroxylation sites is 3. The largest absolute Gasteiger partial charge is 0.454 e. The van der Waals surface area contributed by atoms with Crippen molar-refractivity contribution in [2.75, 3.05) is 0 Å². The van der Waals surface area contributed by atoms with Crippen LogP contribution in [0.1, 0.15) is 25.0 Å². The SMILES string of the molecule is CC1(C)c2ccccc2-c2ccc(-c3ccc4c(c3)c3ccccc3n4-c3cccc4c3oc3c(BO)cccc34)cc21. The second-order valence-electron chi connectivity index (χ2n) is 12.2. The molecule has 0 amide bonds. The zero-order chi connectivity index (χ0) is 28.9. The summed E-state index contributed by atoms with van der Waals surface area (Å²) in [7, 11) is -0.0589. The average molecular weight is 553 g/mol. The van der Waals surface area contributed by atoms with Crippen molar-refractivity contribution in [3.63, 3.8) is 0 Å². The maximum absolute atomic E-state index is 9.98. The van der Waals surface area contributed by atoms with Crippen molar-refractivity contribution in [1.29, 1.82) is 0 Å². The molecule has 204 valence electrons. The molecule has 0 saturated carbocycles. The van der Waals surface area contributed by atoms with Gasteiger partial charge in [-0.3, -0.25) is 0 Å². The molecular formula is C39H28BNO2. The van der Waals surface area contributed by atoms with Crippen molar-refractivity contribution in [3.8, 4) is 27.9 Å². The topological polar surface area (TPSA) is 38.3 Å². The second kappa shape index (κ2) is 8.73. The molecule has 6 aromatic carbocycles. The highest BCUT2D eigenvalue weighted by Gasteiger charge is 2.35. The van der Waals surface area contributed by atoms with Crippen LogP contribution in [-0.4, -0.2) is 17.1 Å². The molecule has 2 heterocycles. The van der Waals surface area contributed by atoms with Crippen LogP contribution in [0.4, 0.5) is 0 Å². The van der Waals surface area contributed by atoms with Crippen LogP contribution < -0.4 is 5.46 Å². The summed E-state index contributed by atoms with van der Waals surface area (Å²) < 4.78 is 8.85. The predicted molar refractivity (Wildman–Crippen MR) is 180 cm³/mol. The quantitative estimate of drug-likeness (QED) is 0.223. The number of fused-ring (bicyclic) bond motifs is 9. The van der Waals surface area contributed by atoms with E-state index in [9.17, 15) is 5.02 Å². The fourth-order valence-corrected chi connectivity index (χ4v) is 7.46. The van der Waals surface area contributed by atoms with Crippen molar-refractivity contribution < 1.29 is 9.44 Å². The summed E-state index contributed by atoms with van der Waals surface area (Å²) in [5.41, 5.74) is 13.5. The molecule has 0 saturated heterocycles. The Bertz CT molecular complexity index is 2430. The molecule has 3 nitrogen and oxygen atoms in total. The highest BCUT2D eigenvalue weighted by atomic mass is 16.3. The van der Waals surface area contributed by atoms with Gasteiger partial charge in [0.25, 0.3) is 0 Å². The minimum atomic E-state index is -0.0589. The summed E-state index contributed by atoms with van der Waals surface area (Å²) in [5, 5.41) is 14.5. The Balaban J connectivity index is 1.26. The minimum absolute atomic E-state index is 0.0385. The van der Waals surface area contributed by atoms with Crippen LogP contribution in [0.25, 0.3) is 71.7 Å². The third kappa shape index (κ3) is 3.30. The molecule has 1 aliphatic carbocycles. The van der Waals surface area contributed by atoms with Crippen LogP contribution in [-0.2, 0) is 5.41 Å². The molecule has 8 aromatic rings. The first-order valence-electron chi connectivity index (χ1n) is 14.9. The molecular weight excluding hydrogens is 525 g/mol. The molecule has 0 atom stereocenters. The van der Waals surface area contributed by atoms with E-state index >= 15 is 0 Å². The third-order valence-electron chi connectivity index (χ3n) is 9.59. The molecule has 1 N–H and O–H groups in total. The average Bonchev–Trinajstić information content (AvgIpc) is 3.67. The van der Waals surface area contributed by atoms with Gasteiger partial charge in [0, 0.05) is 27.0 Å². The minimum Gasteiger partial charge on any atom is -0.454 e. The fraction of sp³-hybridized carbons (Fsp3) is 0.0769. The maximum atomic E-state index is 9.98. The smallest absolute Gasteiger partial charge is 0.308 e. The number of rotatable bonds is 3. The number of furan rings is 1. The van der Waals surface area contributed by atoms with Crippen molar-refractivity contribution >= 4 is 56.7 Å². The second-order valence-corrected chi connectivity index (χ2v) is 12.2. The van der Waals surface area contributed by atoms with Crippen LogP contribution in [0, 0.1) is 0 Å². The molecule has 43 heavy (non-hydrogen) atoms. The predicted octanol–water partition coefficient (Wildman–Crippen LogP) is 8.63. The van der Waals surface area contributed by atoms with E-state index in [1.165, 1.54) is 44.2 Å². The summed E-state index contributed by atoms with van der Waals surface area (Å²) in [6, 6.07) is 43.5. The first kappa shape index (κ1) is 24.5. The molecule has 0 radical (unpaired) electrons. The van der Waals surface area contributed by atoms with Crippen LogP contribution in [0.2, 0.25) is 0 Å². The molecule has 0 spiro atoms. The van der Waals surface area contributed by atoms with E-state index in [-0.39, 0.29) is 12.9 Å². The third-order valence-corrected chi connectivity index (χ3v) is 9.59. The monoisotopic (exact) mass is 553 g/mol. The van der Waals surface area contributed by atoms with Gasteiger partial charge in [-0.2, -0.15) is 0 Å². The summed E-state index contributed by atoms with van der Waals surface area (Å²) in [5.74, 6) is 0. The zero-order valence-corrected chi connectivity index (χ0v) is 24.1. The molecule has 0 bridgehead atoms. The van der Waals surface area contributed by atoms with Crippen LogP contribution >= 0.6 is 0 Å². The van der Waals surface area contributed by atoms with Gasteiger partial charge in [0.1, 0.15) is 5.58 Å². The summed E-state index contributed by atoms with van der Waals surface area (Å²) in [6.07, 6.45) is 0. The van der Waals surface area contributed by atoms with Gasteiger partial charge in [-0.25, -0.2) is 0 Å². The molecule has 0 aliphatic heterocycles. The number of benzene rings is 6. The Morgan fingerprint density at radius 2 is 1.26 bits per heavy atom. The van der Waals surface area contributed by atoms with E-state index in [0.717, 1.165) is 44.1 Å². The lowest BCUT2D eigenvalue weighted by Gasteiger charge is -2.22. The maximum Gasteiger partial charge on any atom is 0.308 e. The Kier molecular flexibility index (Phi) is 4.98. The van der Waals surface area contributed by atoms with E-state index in [2.05, 4.69) is 128 Å². The summed E-state index contributed by atoms with van der Waals surface area (Å²) in [4.78, 5) is 0. The molecule has 1 aliphatic rings. The first-order valence-corrected chi connectivity index (χ1v) is 14.9. The van der Waals surface area contributed by atoms with Gasteiger partial charge in [-0.1, -0.05) is 105 Å². The highest BCUT2D eigenvalue weighted by molar-refractivity contribution is 6.50. The lowest BCUT2D eigenvalue weighted by molar-refractivity contribution is 0.613. The van der Waals surface area contributed by atoms with Crippen LogP contribution in [0.5, 0.6) is 0 Å². The van der Waals surface area contributed by atoms with Gasteiger partial charge in [-0.05, 0) is 69.2 Å². The van der Waals surface area contributed by atoms with Gasteiger partial charge >= 0.3 is 7.48 Å².